The summed E-state index contributed by atoms with van der Waals surface area (Å²) in [4.78, 5) is 13.9. The Morgan fingerprint density at radius 1 is 1.67 bits per heavy atom. The van der Waals surface area contributed by atoms with Gasteiger partial charge in [-0.3, -0.25) is 10.1 Å². The summed E-state index contributed by atoms with van der Waals surface area (Å²) >= 11 is 5.88. The summed E-state index contributed by atoms with van der Waals surface area (Å²) in [5.41, 5.74) is -0.0289. The zero-order valence-electron chi connectivity index (χ0n) is 8.16. The predicted molar refractivity (Wildman–Crippen MR) is 57.2 cm³/mol. The Hall–Kier alpha value is -1.36. The number of nitro groups is 1. The molecular formula is C9H10ClN3O2. The number of nitrogens with zero attached hydrogens (tertiary/aromatic N) is 2. The van der Waals surface area contributed by atoms with E-state index in [1.165, 1.54) is 12.3 Å². The van der Waals surface area contributed by atoms with E-state index in [9.17, 15) is 10.1 Å². The lowest BCUT2D eigenvalue weighted by Crippen LogP contribution is -2.17. The molecule has 1 aromatic rings. The third-order valence-corrected chi connectivity index (χ3v) is 2.75. The van der Waals surface area contributed by atoms with Crippen molar-refractivity contribution in [1.29, 1.82) is 0 Å². The van der Waals surface area contributed by atoms with Crippen molar-refractivity contribution in [3.63, 3.8) is 0 Å². The van der Waals surface area contributed by atoms with Gasteiger partial charge in [-0.2, -0.15) is 0 Å². The standard InChI is InChI=1S/C9H10ClN3O2/c1-9(2-3-9)12-8-7(10)4-6(5-11-8)13(14)15/h4-5H,2-3H2,1H3,(H,11,12). The molecule has 6 heteroatoms. The maximum atomic E-state index is 10.4. The van der Waals surface area contributed by atoms with Gasteiger partial charge in [-0.25, -0.2) is 4.98 Å². The van der Waals surface area contributed by atoms with Crippen molar-refractivity contribution in [3.05, 3.63) is 27.4 Å². The highest BCUT2D eigenvalue weighted by molar-refractivity contribution is 6.33. The Morgan fingerprint density at radius 3 is 2.80 bits per heavy atom. The molecule has 1 saturated carbocycles. The van der Waals surface area contributed by atoms with Crippen molar-refractivity contribution in [1.82, 2.24) is 4.98 Å². The van der Waals surface area contributed by atoms with Gasteiger partial charge in [0.25, 0.3) is 5.69 Å². The van der Waals surface area contributed by atoms with E-state index in [0.29, 0.717) is 5.82 Å². The van der Waals surface area contributed by atoms with Crippen LogP contribution in [0.15, 0.2) is 12.3 Å². The summed E-state index contributed by atoms with van der Waals surface area (Å²) < 4.78 is 0. The van der Waals surface area contributed by atoms with Gasteiger partial charge >= 0.3 is 0 Å². The van der Waals surface area contributed by atoms with Gasteiger partial charge in [0, 0.05) is 11.6 Å². The number of anilines is 1. The fourth-order valence-corrected chi connectivity index (χ4v) is 1.43. The smallest absolute Gasteiger partial charge is 0.289 e. The first-order chi connectivity index (χ1) is 7.00. The van der Waals surface area contributed by atoms with E-state index >= 15 is 0 Å². The topological polar surface area (TPSA) is 68.1 Å². The molecule has 80 valence electrons. The van der Waals surface area contributed by atoms with Crippen LogP contribution in [0.3, 0.4) is 0 Å². The molecule has 2 rings (SSSR count). The van der Waals surface area contributed by atoms with Gasteiger partial charge in [0.05, 0.1) is 9.95 Å². The molecule has 1 aromatic heterocycles. The average Bonchev–Trinajstić information content (AvgIpc) is 2.87. The minimum atomic E-state index is -0.512. The number of rotatable bonds is 3. The molecule has 1 N–H and O–H groups in total. The molecule has 0 saturated heterocycles. The lowest BCUT2D eigenvalue weighted by molar-refractivity contribution is -0.385. The SMILES string of the molecule is CC1(Nc2ncc([N+](=O)[O-])cc2Cl)CC1. The number of hydrogen-bond donors (Lipinski definition) is 1. The van der Waals surface area contributed by atoms with Crippen LogP contribution in [0.5, 0.6) is 0 Å². The number of nitrogens with one attached hydrogen (secondary N) is 1. The third-order valence-electron chi connectivity index (χ3n) is 2.46. The first-order valence-electron chi connectivity index (χ1n) is 4.58. The van der Waals surface area contributed by atoms with Crippen LogP contribution >= 0.6 is 11.6 Å². The molecule has 1 aliphatic carbocycles. The lowest BCUT2D eigenvalue weighted by atomic mass is 10.3. The van der Waals surface area contributed by atoms with Crippen LogP contribution in [0.4, 0.5) is 11.5 Å². The molecule has 1 heterocycles. The Balaban J connectivity index is 2.22. The Morgan fingerprint density at radius 2 is 2.33 bits per heavy atom. The van der Waals surface area contributed by atoms with E-state index in [1.54, 1.807) is 0 Å². The second kappa shape index (κ2) is 3.34. The van der Waals surface area contributed by atoms with Crippen molar-refractivity contribution in [3.8, 4) is 0 Å². The van der Waals surface area contributed by atoms with Crippen LogP contribution in [-0.4, -0.2) is 15.4 Å². The normalized spacial score (nSPS) is 17.2. The lowest BCUT2D eigenvalue weighted by Gasteiger charge is -2.12. The highest BCUT2D eigenvalue weighted by atomic mass is 35.5. The average molecular weight is 228 g/mol. The van der Waals surface area contributed by atoms with Crippen LogP contribution in [-0.2, 0) is 0 Å². The molecule has 0 unspecified atom stereocenters. The molecule has 1 fully saturated rings. The summed E-state index contributed by atoms with van der Waals surface area (Å²) in [7, 11) is 0. The minimum absolute atomic E-state index is 0.0623. The van der Waals surface area contributed by atoms with Crippen molar-refractivity contribution < 1.29 is 4.92 Å². The van der Waals surface area contributed by atoms with Crippen molar-refractivity contribution in [2.75, 3.05) is 5.32 Å². The van der Waals surface area contributed by atoms with Crippen molar-refractivity contribution >= 4 is 23.1 Å². The summed E-state index contributed by atoms with van der Waals surface area (Å²) in [6, 6.07) is 1.31. The number of halogens is 1. The molecule has 0 aliphatic heterocycles. The van der Waals surface area contributed by atoms with E-state index in [0.717, 1.165) is 12.8 Å². The highest BCUT2D eigenvalue weighted by Gasteiger charge is 2.37. The first kappa shape index (κ1) is 10.2. The number of pyridine rings is 1. The predicted octanol–water partition coefficient (Wildman–Crippen LogP) is 2.61. The van der Waals surface area contributed by atoms with E-state index in [-0.39, 0.29) is 16.2 Å². The van der Waals surface area contributed by atoms with Gasteiger partial charge in [0.1, 0.15) is 12.0 Å². The summed E-state index contributed by atoms with van der Waals surface area (Å²) in [6.45, 7) is 2.06. The Kier molecular flexibility index (Phi) is 2.26. The molecule has 0 bridgehead atoms. The van der Waals surface area contributed by atoms with Gasteiger partial charge in [-0.05, 0) is 19.8 Å². The maximum Gasteiger partial charge on any atom is 0.289 e. The van der Waals surface area contributed by atoms with E-state index in [4.69, 9.17) is 11.6 Å². The first-order valence-corrected chi connectivity index (χ1v) is 4.96. The second-order valence-corrected chi connectivity index (χ2v) is 4.37. The zero-order chi connectivity index (χ0) is 11.1. The monoisotopic (exact) mass is 227 g/mol. The molecule has 0 atom stereocenters. The summed E-state index contributed by atoms with van der Waals surface area (Å²) in [5.74, 6) is 0.516. The molecule has 0 radical (unpaired) electrons. The minimum Gasteiger partial charge on any atom is -0.364 e. The quantitative estimate of drug-likeness (QED) is 0.637. The fourth-order valence-electron chi connectivity index (χ4n) is 1.22. The van der Waals surface area contributed by atoms with Gasteiger partial charge in [-0.15, -0.1) is 0 Å². The van der Waals surface area contributed by atoms with Crippen LogP contribution in [0, 0.1) is 10.1 Å². The van der Waals surface area contributed by atoms with Crippen molar-refractivity contribution in [2.24, 2.45) is 0 Å². The van der Waals surface area contributed by atoms with Gasteiger partial charge in [-0.1, -0.05) is 11.6 Å². The Bertz CT molecular complexity index is 418. The maximum absolute atomic E-state index is 10.4. The highest BCUT2D eigenvalue weighted by Crippen LogP contribution is 2.39. The van der Waals surface area contributed by atoms with Crippen molar-refractivity contribution in [2.45, 2.75) is 25.3 Å². The second-order valence-electron chi connectivity index (χ2n) is 3.97. The molecule has 1 aliphatic rings. The van der Waals surface area contributed by atoms with Crippen LogP contribution in [0.1, 0.15) is 19.8 Å². The molecule has 0 aromatic carbocycles. The number of aromatic nitrogens is 1. The third kappa shape index (κ3) is 2.18. The zero-order valence-corrected chi connectivity index (χ0v) is 8.91. The molecule has 0 amide bonds. The molecule has 0 spiro atoms. The molecule has 5 nitrogen and oxygen atoms in total. The van der Waals surface area contributed by atoms with Crippen LogP contribution in [0.2, 0.25) is 5.02 Å². The fraction of sp³-hybridized carbons (Fsp3) is 0.444. The van der Waals surface area contributed by atoms with E-state index in [1.807, 2.05) is 0 Å². The summed E-state index contributed by atoms with van der Waals surface area (Å²) in [6.07, 6.45) is 3.35. The van der Waals surface area contributed by atoms with Crippen LogP contribution < -0.4 is 5.32 Å². The van der Waals surface area contributed by atoms with Gasteiger partial charge in [0.15, 0.2) is 0 Å². The van der Waals surface area contributed by atoms with Crippen LogP contribution in [0.25, 0.3) is 0 Å². The van der Waals surface area contributed by atoms with E-state index in [2.05, 4.69) is 17.2 Å². The van der Waals surface area contributed by atoms with Gasteiger partial charge < -0.3 is 5.32 Å². The largest absolute Gasteiger partial charge is 0.364 e. The molecular weight excluding hydrogens is 218 g/mol. The van der Waals surface area contributed by atoms with Gasteiger partial charge in [0.2, 0.25) is 0 Å². The van der Waals surface area contributed by atoms with E-state index < -0.39 is 4.92 Å². The molecule has 15 heavy (non-hydrogen) atoms. The summed E-state index contributed by atoms with van der Waals surface area (Å²) in [5, 5.41) is 13.9. The number of hydrogen-bond acceptors (Lipinski definition) is 4. The Labute approximate surface area is 91.6 Å².